The quantitative estimate of drug-likeness (QED) is 0.701. The fourth-order valence-electron chi connectivity index (χ4n) is 2.11. The number of piperidine rings is 1. The highest BCUT2D eigenvalue weighted by Crippen LogP contribution is 2.22. The lowest BCUT2D eigenvalue weighted by atomic mass is 9.99. The summed E-state index contributed by atoms with van der Waals surface area (Å²) in [4.78, 5) is 6.47. The number of nitrogens with zero attached hydrogens (tertiary/aromatic N) is 3. The van der Waals surface area contributed by atoms with Gasteiger partial charge in [-0.15, -0.1) is 5.10 Å². The summed E-state index contributed by atoms with van der Waals surface area (Å²) in [5, 5.41) is 16.8. The molecule has 0 aliphatic carbocycles. The Hall–Kier alpha value is -1.14. The van der Waals surface area contributed by atoms with Crippen LogP contribution in [0.1, 0.15) is 32.5 Å². The number of nitrogens with two attached hydrogens (primary N) is 1. The zero-order valence-electron chi connectivity index (χ0n) is 10.5. The molecule has 1 atom stereocenters. The molecule has 1 aromatic heterocycles. The predicted octanol–water partition coefficient (Wildman–Crippen LogP) is 0.207. The first kappa shape index (κ1) is 12.3. The van der Waals surface area contributed by atoms with Crippen LogP contribution in [-0.2, 0) is 5.60 Å². The van der Waals surface area contributed by atoms with Crippen LogP contribution in [0.3, 0.4) is 0 Å². The molecule has 0 amide bonds. The minimum atomic E-state index is -0.978. The second-order valence-corrected chi connectivity index (χ2v) is 5.23. The lowest BCUT2D eigenvalue weighted by Gasteiger charge is -2.31. The largest absolute Gasteiger partial charge is 0.382 e. The second-order valence-electron chi connectivity index (χ2n) is 5.23. The third-order valence-electron chi connectivity index (χ3n) is 3.19. The van der Waals surface area contributed by atoms with Gasteiger partial charge in [-0.1, -0.05) is 0 Å². The van der Waals surface area contributed by atoms with Gasteiger partial charge in [0.1, 0.15) is 5.60 Å². The molecule has 4 N–H and O–H groups in total. The molecule has 0 aromatic carbocycles. The smallest absolute Gasteiger partial charge is 0.244 e. The van der Waals surface area contributed by atoms with Gasteiger partial charge in [0.2, 0.25) is 5.95 Å². The van der Waals surface area contributed by atoms with Crippen LogP contribution in [0, 0.1) is 5.92 Å². The normalized spacial score (nSPS) is 21.9. The Bertz CT molecular complexity index is 370. The van der Waals surface area contributed by atoms with Crippen LogP contribution in [0.4, 0.5) is 5.95 Å². The van der Waals surface area contributed by atoms with Crippen molar-refractivity contribution < 1.29 is 5.11 Å². The van der Waals surface area contributed by atoms with Crippen molar-refractivity contribution in [1.29, 1.82) is 0 Å². The molecule has 6 nitrogen and oxygen atoms in total. The van der Waals surface area contributed by atoms with Crippen LogP contribution >= 0.6 is 0 Å². The Balaban J connectivity index is 2.09. The standard InChI is InChI=1S/C11H21N5O/c1-11(2,17)9-13-10(15-14-9)16-5-3-4-8(6-12)7-16/h8,17H,3-7,12H2,1-2H3,(H,13,14,15). The lowest BCUT2D eigenvalue weighted by molar-refractivity contribution is 0.0691. The molecular weight excluding hydrogens is 218 g/mol. The number of H-pyrrole nitrogens is 1. The van der Waals surface area contributed by atoms with Crippen LogP contribution in [0.15, 0.2) is 0 Å². The summed E-state index contributed by atoms with van der Waals surface area (Å²) in [5.41, 5.74) is 4.72. The molecule has 0 spiro atoms. The Kier molecular flexibility index (Phi) is 3.35. The minimum Gasteiger partial charge on any atom is -0.382 e. The van der Waals surface area contributed by atoms with Gasteiger partial charge in [0.05, 0.1) is 0 Å². The summed E-state index contributed by atoms with van der Waals surface area (Å²) in [6.45, 7) is 5.95. The second kappa shape index (κ2) is 4.62. The molecule has 6 heteroatoms. The van der Waals surface area contributed by atoms with E-state index in [1.807, 2.05) is 0 Å². The first-order chi connectivity index (χ1) is 8.00. The van der Waals surface area contributed by atoms with E-state index in [1.54, 1.807) is 13.8 Å². The zero-order valence-corrected chi connectivity index (χ0v) is 10.5. The van der Waals surface area contributed by atoms with E-state index in [-0.39, 0.29) is 0 Å². The summed E-state index contributed by atoms with van der Waals surface area (Å²) in [6.07, 6.45) is 2.30. The molecule has 2 rings (SSSR count). The number of aromatic amines is 1. The number of hydrogen-bond acceptors (Lipinski definition) is 5. The van der Waals surface area contributed by atoms with Gasteiger partial charge >= 0.3 is 0 Å². The number of rotatable bonds is 3. The van der Waals surface area contributed by atoms with Crippen molar-refractivity contribution in [2.24, 2.45) is 11.7 Å². The number of nitrogens with one attached hydrogen (secondary N) is 1. The highest BCUT2D eigenvalue weighted by atomic mass is 16.3. The molecule has 96 valence electrons. The zero-order chi connectivity index (χ0) is 12.5. The molecule has 0 radical (unpaired) electrons. The van der Waals surface area contributed by atoms with Crippen LogP contribution < -0.4 is 10.6 Å². The van der Waals surface area contributed by atoms with E-state index in [1.165, 1.54) is 6.42 Å². The van der Waals surface area contributed by atoms with Crippen molar-refractivity contribution in [3.8, 4) is 0 Å². The van der Waals surface area contributed by atoms with Gasteiger partial charge in [0.15, 0.2) is 5.82 Å². The maximum atomic E-state index is 9.83. The number of aliphatic hydroxyl groups is 1. The van der Waals surface area contributed by atoms with Crippen molar-refractivity contribution in [2.75, 3.05) is 24.5 Å². The van der Waals surface area contributed by atoms with E-state index < -0.39 is 5.60 Å². The highest BCUT2D eigenvalue weighted by Gasteiger charge is 2.25. The van der Waals surface area contributed by atoms with Crippen molar-refractivity contribution in [3.63, 3.8) is 0 Å². The van der Waals surface area contributed by atoms with Gasteiger partial charge in [-0.2, -0.15) is 4.98 Å². The van der Waals surface area contributed by atoms with E-state index >= 15 is 0 Å². The average Bonchev–Trinajstić information content (AvgIpc) is 2.78. The molecule has 1 fully saturated rings. The van der Waals surface area contributed by atoms with E-state index in [4.69, 9.17) is 5.73 Å². The Morgan fingerprint density at radius 2 is 2.35 bits per heavy atom. The Morgan fingerprint density at radius 1 is 1.59 bits per heavy atom. The number of hydrogen-bond donors (Lipinski definition) is 3. The van der Waals surface area contributed by atoms with Crippen LogP contribution in [0.5, 0.6) is 0 Å². The fraction of sp³-hybridized carbons (Fsp3) is 0.818. The van der Waals surface area contributed by atoms with E-state index in [9.17, 15) is 5.11 Å². The molecule has 1 saturated heterocycles. The molecule has 1 aliphatic heterocycles. The van der Waals surface area contributed by atoms with E-state index in [0.29, 0.717) is 24.2 Å². The number of anilines is 1. The summed E-state index contributed by atoms with van der Waals surface area (Å²) in [7, 11) is 0. The van der Waals surface area contributed by atoms with Gasteiger partial charge in [0.25, 0.3) is 0 Å². The van der Waals surface area contributed by atoms with Gasteiger partial charge in [-0.3, -0.25) is 5.10 Å². The monoisotopic (exact) mass is 239 g/mol. The van der Waals surface area contributed by atoms with Crippen molar-refractivity contribution in [3.05, 3.63) is 5.82 Å². The molecule has 1 aliphatic rings. The maximum Gasteiger partial charge on any atom is 0.244 e. The average molecular weight is 239 g/mol. The van der Waals surface area contributed by atoms with Crippen LogP contribution in [-0.4, -0.2) is 39.9 Å². The minimum absolute atomic E-state index is 0.502. The Morgan fingerprint density at radius 3 is 2.94 bits per heavy atom. The van der Waals surface area contributed by atoms with Crippen molar-refractivity contribution in [2.45, 2.75) is 32.3 Å². The summed E-state index contributed by atoms with van der Waals surface area (Å²) in [5.74, 6) is 1.69. The SMILES string of the molecule is CC(C)(O)c1nc(N2CCCC(CN)C2)n[nH]1. The molecule has 0 saturated carbocycles. The molecular formula is C11H21N5O. The lowest BCUT2D eigenvalue weighted by Crippen LogP contribution is -2.39. The summed E-state index contributed by atoms with van der Waals surface area (Å²) in [6, 6.07) is 0. The number of aromatic nitrogens is 3. The molecule has 1 aromatic rings. The highest BCUT2D eigenvalue weighted by molar-refractivity contribution is 5.30. The molecule has 2 heterocycles. The fourth-order valence-corrected chi connectivity index (χ4v) is 2.11. The maximum absolute atomic E-state index is 9.83. The first-order valence-corrected chi connectivity index (χ1v) is 6.11. The first-order valence-electron chi connectivity index (χ1n) is 6.11. The Labute approximate surface area is 101 Å². The third-order valence-corrected chi connectivity index (χ3v) is 3.19. The van der Waals surface area contributed by atoms with Gasteiger partial charge < -0.3 is 15.7 Å². The van der Waals surface area contributed by atoms with Gasteiger partial charge in [-0.25, -0.2) is 0 Å². The molecule has 0 bridgehead atoms. The van der Waals surface area contributed by atoms with E-state index in [2.05, 4.69) is 20.1 Å². The van der Waals surface area contributed by atoms with Crippen molar-refractivity contribution in [1.82, 2.24) is 15.2 Å². The van der Waals surface area contributed by atoms with Crippen LogP contribution in [0.25, 0.3) is 0 Å². The van der Waals surface area contributed by atoms with E-state index in [0.717, 1.165) is 19.5 Å². The third kappa shape index (κ3) is 2.76. The molecule has 1 unspecified atom stereocenters. The predicted molar refractivity (Wildman–Crippen MR) is 65.6 cm³/mol. The van der Waals surface area contributed by atoms with Gasteiger partial charge in [0, 0.05) is 13.1 Å². The summed E-state index contributed by atoms with van der Waals surface area (Å²) >= 11 is 0. The summed E-state index contributed by atoms with van der Waals surface area (Å²) < 4.78 is 0. The van der Waals surface area contributed by atoms with Crippen LogP contribution in [0.2, 0.25) is 0 Å². The van der Waals surface area contributed by atoms with Gasteiger partial charge in [-0.05, 0) is 39.2 Å². The van der Waals surface area contributed by atoms with Crippen molar-refractivity contribution >= 4 is 5.95 Å². The molecule has 17 heavy (non-hydrogen) atoms. The topological polar surface area (TPSA) is 91.1 Å².